The second-order valence-corrected chi connectivity index (χ2v) is 6.39. The van der Waals surface area contributed by atoms with Crippen LogP contribution in [-0.2, 0) is 0 Å². The van der Waals surface area contributed by atoms with E-state index in [0.29, 0.717) is 17.3 Å². The summed E-state index contributed by atoms with van der Waals surface area (Å²) in [6.07, 6.45) is 0. The highest BCUT2D eigenvalue weighted by atomic mass is 35.5. The van der Waals surface area contributed by atoms with Crippen molar-refractivity contribution in [1.82, 2.24) is 14.3 Å². The second kappa shape index (κ2) is 5.93. The number of aromatic amines is 1. The van der Waals surface area contributed by atoms with E-state index < -0.39 is 0 Å². The first-order valence-electron chi connectivity index (χ1n) is 6.07. The maximum Gasteiger partial charge on any atom is 0.172 e. The van der Waals surface area contributed by atoms with Gasteiger partial charge in [-0.3, -0.25) is 0 Å². The molecule has 0 atom stereocenters. The van der Waals surface area contributed by atoms with Crippen molar-refractivity contribution < 1.29 is 4.74 Å². The fourth-order valence-corrected chi connectivity index (χ4v) is 3.84. The molecule has 106 valence electrons. The third-order valence-corrected chi connectivity index (χ3v) is 4.93. The number of aromatic nitrogens is 3. The number of halogens is 1. The first-order valence-corrected chi connectivity index (χ1v) is 8.03. The molecule has 2 aromatic heterocycles. The highest BCUT2D eigenvalue weighted by Crippen LogP contribution is 2.36. The van der Waals surface area contributed by atoms with Gasteiger partial charge >= 0.3 is 0 Å². The van der Waals surface area contributed by atoms with Crippen LogP contribution in [-0.4, -0.2) is 20.9 Å². The van der Waals surface area contributed by atoms with Gasteiger partial charge in [-0.05, 0) is 42.4 Å². The lowest BCUT2D eigenvalue weighted by atomic mass is 10.3. The van der Waals surface area contributed by atoms with Crippen LogP contribution in [0.5, 0.6) is 5.75 Å². The normalized spacial score (nSPS) is 10.7. The van der Waals surface area contributed by atoms with Crippen molar-refractivity contribution in [1.29, 1.82) is 5.26 Å². The Hall–Kier alpha value is -1.75. The van der Waals surface area contributed by atoms with Gasteiger partial charge in [0.05, 0.1) is 17.6 Å². The second-order valence-electron chi connectivity index (χ2n) is 4.00. The van der Waals surface area contributed by atoms with Gasteiger partial charge < -0.3 is 9.72 Å². The Bertz CT molecular complexity index is 836. The van der Waals surface area contributed by atoms with E-state index in [-0.39, 0.29) is 5.15 Å². The SMILES string of the molecule is CCOc1ccc2nc(Sc3snc(Cl)c3C#N)[nH]c2c1. The summed E-state index contributed by atoms with van der Waals surface area (Å²) in [5, 5.41) is 10.00. The van der Waals surface area contributed by atoms with Crippen LogP contribution in [0.2, 0.25) is 5.15 Å². The minimum atomic E-state index is 0.236. The third-order valence-electron chi connectivity index (χ3n) is 2.66. The Morgan fingerprint density at radius 1 is 1.52 bits per heavy atom. The summed E-state index contributed by atoms with van der Waals surface area (Å²) in [4.78, 5) is 7.67. The summed E-state index contributed by atoms with van der Waals surface area (Å²) in [6, 6.07) is 7.74. The van der Waals surface area contributed by atoms with E-state index in [4.69, 9.17) is 21.6 Å². The van der Waals surface area contributed by atoms with Crippen LogP contribution >= 0.6 is 34.9 Å². The molecule has 0 aliphatic rings. The Labute approximate surface area is 134 Å². The molecule has 0 bridgehead atoms. The minimum absolute atomic E-state index is 0.236. The van der Waals surface area contributed by atoms with E-state index >= 15 is 0 Å². The van der Waals surface area contributed by atoms with E-state index in [9.17, 15) is 0 Å². The lowest BCUT2D eigenvalue weighted by molar-refractivity contribution is 0.340. The molecule has 3 aromatic rings. The molecular formula is C13H9ClN4OS2. The molecule has 0 aliphatic carbocycles. The monoisotopic (exact) mass is 336 g/mol. The Morgan fingerprint density at radius 3 is 3.14 bits per heavy atom. The number of nitrogens with zero attached hydrogens (tertiary/aromatic N) is 3. The zero-order valence-electron chi connectivity index (χ0n) is 10.9. The smallest absolute Gasteiger partial charge is 0.172 e. The van der Waals surface area contributed by atoms with Gasteiger partial charge in [0.2, 0.25) is 0 Å². The number of rotatable bonds is 4. The summed E-state index contributed by atoms with van der Waals surface area (Å²) >= 11 is 8.40. The number of hydrogen-bond donors (Lipinski definition) is 1. The summed E-state index contributed by atoms with van der Waals surface area (Å²) in [5.74, 6) is 0.795. The average molecular weight is 337 g/mol. The van der Waals surface area contributed by atoms with E-state index in [1.807, 2.05) is 25.1 Å². The number of hydrogen-bond acceptors (Lipinski definition) is 6. The quantitative estimate of drug-likeness (QED) is 0.776. The van der Waals surface area contributed by atoms with Gasteiger partial charge in [-0.25, -0.2) is 4.98 Å². The molecule has 1 aromatic carbocycles. The molecule has 0 spiro atoms. The van der Waals surface area contributed by atoms with Gasteiger partial charge in [0.15, 0.2) is 10.3 Å². The fraction of sp³-hybridized carbons (Fsp3) is 0.154. The highest BCUT2D eigenvalue weighted by molar-refractivity contribution is 8.01. The predicted molar refractivity (Wildman–Crippen MR) is 83.2 cm³/mol. The van der Waals surface area contributed by atoms with E-state index in [1.165, 1.54) is 23.3 Å². The average Bonchev–Trinajstić information content (AvgIpc) is 3.02. The van der Waals surface area contributed by atoms with E-state index in [0.717, 1.165) is 21.0 Å². The number of H-pyrrole nitrogens is 1. The third kappa shape index (κ3) is 2.83. The maximum atomic E-state index is 9.07. The van der Waals surface area contributed by atoms with Gasteiger partial charge in [0.25, 0.3) is 0 Å². The molecule has 0 radical (unpaired) electrons. The fourth-order valence-electron chi connectivity index (χ4n) is 1.78. The number of imidazole rings is 1. The zero-order chi connectivity index (χ0) is 14.8. The van der Waals surface area contributed by atoms with Crippen LogP contribution in [0.15, 0.2) is 27.6 Å². The standard InChI is InChI=1S/C13H9ClN4OS2/c1-2-19-7-3-4-9-10(5-7)17-13(16-9)20-12-8(6-15)11(14)18-21-12/h3-5H,2H2,1H3,(H,16,17). The largest absolute Gasteiger partial charge is 0.494 e. The van der Waals surface area contributed by atoms with E-state index in [2.05, 4.69) is 20.4 Å². The van der Waals surface area contributed by atoms with Crippen LogP contribution in [0.25, 0.3) is 11.0 Å². The molecular weight excluding hydrogens is 328 g/mol. The molecule has 2 heterocycles. The lowest BCUT2D eigenvalue weighted by Crippen LogP contribution is -1.90. The molecule has 0 unspecified atom stereocenters. The summed E-state index contributed by atoms with van der Waals surface area (Å²) in [7, 11) is 0. The minimum Gasteiger partial charge on any atom is -0.494 e. The van der Waals surface area contributed by atoms with Crippen LogP contribution in [0, 0.1) is 11.3 Å². The van der Waals surface area contributed by atoms with Gasteiger partial charge in [-0.2, -0.15) is 9.64 Å². The summed E-state index contributed by atoms with van der Waals surface area (Å²) < 4.78 is 10.2. The van der Waals surface area contributed by atoms with Crippen LogP contribution in [0.3, 0.4) is 0 Å². The van der Waals surface area contributed by atoms with Crippen molar-refractivity contribution in [2.75, 3.05) is 6.61 Å². The number of nitriles is 1. The Kier molecular flexibility index (Phi) is 4.01. The Morgan fingerprint density at radius 2 is 2.38 bits per heavy atom. The Balaban J connectivity index is 1.92. The van der Waals surface area contributed by atoms with Gasteiger partial charge in [-0.15, -0.1) is 0 Å². The van der Waals surface area contributed by atoms with Gasteiger partial charge in [0.1, 0.15) is 21.6 Å². The molecule has 0 amide bonds. The van der Waals surface area contributed by atoms with Crippen LogP contribution < -0.4 is 4.74 Å². The van der Waals surface area contributed by atoms with Crippen molar-refractivity contribution in [2.24, 2.45) is 0 Å². The molecule has 0 aliphatic heterocycles. The topological polar surface area (TPSA) is 74.6 Å². The van der Waals surface area contributed by atoms with Crippen LogP contribution in [0.1, 0.15) is 12.5 Å². The summed E-state index contributed by atoms with van der Waals surface area (Å²) in [6.45, 7) is 2.56. The molecule has 1 N–H and O–H groups in total. The van der Waals surface area contributed by atoms with Crippen molar-refractivity contribution in [3.8, 4) is 11.8 Å². The predicted octanol–water partition coefficient (Wildman–Crippen LogP) is 4.09. The first kappa shape index (κ1) is 14.2. The summed E-state index contributed by atoms with van der Waals surface area (Å²) in [5.41, 5.74) is 2.12. The first-order chi connectivity index (χ1) is 10.2. The van der Waals surface area contributed by atoms with Crippen molar-refractivity contribution in [2.45, 2.75) is 16.3 Å². The van der Waals surface area contributed by atoms with Crippen molar-refractivity contribution in [3.05, 3.63) is 28.9 Å². The molecule has 21 heavy (non-hydrogen) atoms. The van der Waals surface area contributed by atoms with Crippen molar-refractivity contribution >= 4 is 45.9 Å². The molecule has 0 saturated heterocycles. The lowest BCUT2D eigenvalue weighted by Gasteiger charge is -2.00. The van der Waals surface area contributed by atoms with E-state index in [1.54, 1.807) is 0 Å². The maximum absolute atomic E-state index is 9.07. The zero-order valence-corrected chi connectivity index (χ0v) is 13.3. The molecule has 3 rings (SSSR count). The van der Waals surface area contributed by atoms with Crippen molar-refractivity contribution in [3.63, 3.8) is 0 Å². The van der Waals surface area contributed by atoms with Gasteiger partial charge in [-0.1, -0.05) is 11.6 Å². The number of fused-ring (bicyclic) bond motifs is 1. The molecule has 0 saturated carbocycles. The number of ether oxygens (including phenoxy) is 1. The molecule has 0 fully saturated rings. The highest BCUT2D eigenvalue weighted by Gasteiger charge is 2.15. The van der Waals surface area contributed by atoms with Gasteiger partial charge in [0, 0.05) is 6.07 Å². The number of benzene rings is 1. The van der Waals surface area contributed by atoms with Crippen LogP contribution in [0.4, 0.5) is 0 Å². The molecule has 8 heteroatoms. The number of nitrogens with one attached hydrogen (secondary N) is 1. The molecule has 5 nitrogen and oxygen atoms in total.